The summed E-state index contributed by atoms with van der Waals surface area (Å²) in [6, 6.07) is 12.9. The molecule has 2 aromatic carbocycles. The number of benzene rings is 2. The van der Waals surface area contributed by atoms with Crippen molar-refractivity contribution in [3.05, 3.63) is 77.6 Å². The van der Waals surface area contributed by atoms with Crippen LogP contribution in [0.4, 0.5) is 8.78 Å². The molecule has 0 atom stereocenters. The topological polar surface area (TPSA) is 67.2 Å². The summed E-state index contributed by atoms with van der Waals surface area (Å²) in [4.78, 5) is 15.7. The number of hydrogen-bond donors (Lipinski definition) is 2. The number of hydroxylamine groups is 1. The highest BCUT2D eigenvalue weighted by Gasteiger charge is 2.14. The number of amides is 1. The van der Waals surface area contributed by atoms with Gasteiger partial charge in [0, 0.05) is 27.9 Å². The minimum absolute atomic E-state index is 0.0570. The van der Waals surface area contributed by atoms with Crippen molar-refractivity contribution >= 4 is 27.7 Å². The van der Waals surface area contributed by atoms with E-state index in [4.69, 9.17) is 5.21 Å². The van der Waals surface area contributed by atoms with Crippen LogP contribution in [0.1, 0.15) is 11.3 Å². The van der Waals surface area contributed by atoms with Gasteiger partial charge in [0.25, 0.3) is 0 Å². The number of carbonyl (C=O) groups excluding carboxylic acids is 1. The van der Waals surface area contributed by atoms with Crippen LogP contribution in [0.3, 0.4) is 0 Å². The van der Waals surface area contributed by atoms with E-state index >= 15 is 0 Å². The molecule has 0 radical (unpaired) electrons. The summed E-state index contributed by atoms with van der Waals surface area (Å²) < 4.78 is 29.3. The molecule has 1 amide bonds. The first-order chi connectivity index (χ1) is 13.1. The number of para-hydroxylation sites is 1. The Morgan fingerprint density at radius 2 is 1.89 bits per heavy atom. The third-order valence-electron chi connectivity index (χ3n) is 4.53. The van der Waals surface area contributed by atoms with Gasteiger partial charge in [0.1, 0.15) is 11.6 Å². The number of aromatic nitrogens is 2. The molecular weight excluding hydrogens is 352 g/mol. The van der Waals surface area contributed by atoms with Gasteiger partial charge in [0.05, 0.1) is 30.4 Å². The van der Waals surface area contributed by atoms with Crippen LogP contribution in [0, 0.1) is 11.6 Å². The molecule has 0 aliphatic rings. The van der Waals surface area contributed by atoms with E-state index in [9.17, 15) is 13.6 Å². The molecule has 5 nitrogen and oxygen atoms in total. The van der Waals surface area contributed by atoms with Crippen LogP contribution in [0.2, 0.25) is 0 Å². The van der Waals surface area contributed by atoms with Crippen molar-refractivity contribution in [2.75, 3.05) is 0 Å². The lowest BCUT2D eigenvalue weighted by Gasteiger charge is -2.09. The largest absolute Gasteiger partial charge is 0.335 e. The minimum atomic E-state index is -0.619. The minimum Gasteiger partial charge on any atom is -0.335 e. The Morgan fingerprint density at radius 3 is 2.67 bits per heavy atom. The number of nitrogens with one attached hydrogen (secondary N) is 1. The van der Waals surface area contributed by atoms with Crippen molar-refractivity contribution in [3.8, 4) is 0 Å². The van der Waals surface area contributed by atoms with Crippen LogP contribution in [-0.4, -0.2) is 20.7 Å². The van der Waals surface area contributed by atoms with Gasteiger partial charge in [0.15, 0.2) is 0 Å². The van der Waals surface area contributed by atoms with E-state index in [-0.39, 0.29) is 13.0 Å². The number of fused-ring (bicyclic) bond motifs is 3. The molecule has 27 heavy (non-hydrogen) atoms. The molecule has 2 aromatic heterocycles. The molecule has 136 valence electrons. The van der Waals surface area contributed by atoms with Crippen molar-refractivity contribution in [1.82, 2.24) is 15.0 Å². The van der Waals surface area contributed by atoms with E-state index in [0.29, 0.717) is 11.3 Å². The van der Waals surface area contributed by atoms with Crippen LogP contribution >= 0.6 is 0 Å². The zero-order chi connectivity index (χ0) is 19.0. The number of rotatable bonds is 4. The molecule has 4 rings (SSSR count). The molecule has 0 unspecified atom stereocenters. The number of pyridine rings is 1. The summed E-state index contributed by atoms with van der Waals surface area (Å²) in [5.74, 6) is -1.78. The summed E-state index contributed by atoms with van der Waals surface area (Å²) >= 11 is 0. The molecule has 0 aliphatic carbocycles. The van der Waals surface area contributed by atoms with Crippen LogP contribution < -0.4 is 5.48 Å². The highest BCUT2D eigenvalue weighted by Crippen LogP contribution is 2.30. The molecule has 2 N–H and O–H groups in total. The molecule has 0 saturated carbocycles. The van der Waals surface area contributed by atoms with Crippen molar-refractivity contribution in [1.29, 1.82) is 0 Å². The van der Waals surface area contributed by atoms with E-state index in [2.05, 4.69) is 4.98 Å². The average molecular weight is 367 g/mol. The normalized spacial score (nSPS) is 11.2. The molecule has 0 spiro atoms. The molecule has 7 heteroatoms. The maximum Gasteiger partial charge on any atom is 0.249 e. The molecule has 0 saturated heterocycles. The first-order valence-electron chi connectivity index (χ1n) is 8.29. The van der Waals surface area contributed by atoms with Gasteiger partial charge in [-0.15, -0.1) is 0 Å². The fraction of sp³-hybridized carbons (Fsp3) is 0.100. The lowest BCUT2D eigenvalue weighted by molar-refractivity contribution is -0.128. The van der Waals surface area contributed by atoms with Gasteiger partial charge in [-0.2, -0.15) is 0 Å². The summed E-state index contributed by atoms with van der Waals surface area (Å²) in [7, 11) is 0. The summed E-state index contributed by atoms with van der Waals surface area (Å²) in [6.07, 6.45) is 1.56. The van der Waals surface area contributed by atoms with Crippen LogP contribution in [-0.2, 0) is 17.8 Å². The quantitative estimate of drug-likeness (QED) is 0.428. The van der Waals surface area contributed by atoms with Crippen LogP contribution in [0.15, 0.2) is 54.7 Å². The fourth-order valence-corrected chi connectivity index (χ4v) is 3.28. The van der Waals surface area contributed by atoms with E-state index in [1.165, 1.54) is 12.1 Å². The van der Waals surface area contributed by atoms with Gasteiger partial charge in [-0.25, -0.2) is 14.3 Å². The van der Waals surface area contributed by atoms with Gasteiger partial charge in [-0.05, 0) is 18.2 Å². The first-order valence-corrected chi connectivity index (χ1v) is 8.29. The number of hydrogen-bond acceptors (Lipinski definition) is 3. The molecule has 4 aromatic rings. The van der Waals surface area contributed by atoms with Gasteiger partial charge in [0.2, 0.25) is 5.91 Å². The SMILES string of the molecule is O=C(Cc1cc2c3ccccc3n(Cc3ccc(F)cc3F)c2cn1)NO. The molecule has 0 aliphatic heterocycles. The van der Waals surface area contributed by atoms with Crippen LogP contribution in [0.5, 0.6) is 0 Å². The number of halogens is 2. The smallest absolute Gasteiger partial charge is 0.249 e. The maximum atomic E-state index is 14.2. The van der Waals surface area contributed by atoms with E-state index in [0.717, 1.165) is 27.9 Å². The standard InChI is InChI=1S/C20H15F2N3O2/c21-13-6-5-12(17(22)7-13)11-25-18-4-2-1-3-15(18)16-8-14(9-20(26)24-27)23-10-19(16)25/h1-8,10,27H,9,11H2,(H,24,26). The van der Waals surface area contributed by atoms with E-state index in [1.807, 2.05) is 28.8 Å². The Morgan fingerprint density at radius 1 is 1.07 bits per heavy atom. The highest BCUT2D eigenvalue weighted by molar-refractivity contribution is 6.08. The van der Waals surface area contributed by atoms with Crippen molar-refractivity contribution in [2.45, 2.75) is 13.0 Å². The van der Waals surface area contributed by atoms with Crippen molar-refractivity contribution in [3.63, 3.8) is 0 Å². The highest BCUT2D eigenvalue weighted by atomic mass is 19.1. The summed E-state index contributed by atoms with van der Waals surface area (Å²) in [6.45, 7) is 0.217. The molecular formula is C20H15F2N3O2. The number of carbonyl (C=O) groups is 1. The second kappa shape index (κ2) is 6.77. The molecule has 0 bridgehead atoms. The Hall–Kier alpha value is -3.32. The third kappa shape index (κ3) is 3.13. The first kappa shape index (κ1) is 17.1. The zero-order valence-electron chi connectivity index (χ0n) is 14.1. The lowest BCUT2D eigenvalue weighted by Crippen LogP contribution is -2.21. The molecule has 2 heterocycles. The zero-order valence-corrected chi connectivity index (χ0v) is 14.1. The third-order valence-corrected chi connectivity index (χ3v) is 4.53. The monoisotopic (exact) mass is 367 g/mol. The van der Waals surface area contributed by atoms with E-state index < -0.39 is 17.5 Å². The number of nitrogens with zero attached hydrogens (tertiary/aromatic N) is 2. The van der Waals surface area contributed by atoms with Gasteiger partial charge < -0.3 is 4.57 Å². The predicted octanol–water partition coefficient (Wildman–Crippen LogP) is 3.56. The second-order valence-corrected chi connectivity index (χ2v) is 6.24. The van der Waals surface area contributed by atoms with Crippen LogP contribution in [0.25, 0.3) is 21.8 Å². The predicted molar refractivity (Wildman–Crippen MR) is 96.3 cm³/mol. The van der Waals surface area contributed by atoms with Gasteiger partial charge in [-0.3, -0.25) is 15.0 Å². The summed E-state index contributed by atoms with van der Waals surface area (Å²) in [5, 5.41) is 10.5. The van der Waals surface area contributed by atoms with Crippen molar-refractivity contribution in [2.24, 2.45) is 0 Å². The Bertz CT molecular complexity index is 1170. The Kier molecular flexibility index (Phi) is 4.29. The summed E-state index contributed by atoms with van der Waals surface area (Å²) in [5.41, 5.74) is 4.11. The fourth-order valence-electron chi connectivity index (χ4n) is 3.28. The molecule has 0 fully saturated rings. The van der Waals surface area contributed by atoms with Gasteiger partial charge >= 0.3 is 0 Å². The second-order valence-electron chi connectivity index (χ2n) is 6.24. The Balaban J connectivity index is 1.87. The Labute approximate surface area is 152 Å². The van der Waals surface area contributed by atoms with Gasteiger partial charge in [-0.1, -0.05) is 24.3 Å². The van der Waals surface area contributed by atoms with E-state index in [1.54, 1.807) is 17.7 Å². The van der Waals surface area contributed by atoms with Crippen molar-refractivity contribution < 1.29 is 18.8 Å². The maximum absolute atomic E-state index is 14.2. The lowest BCUT2D eigenvalue weighted by atomic mass is 10.1. The average Bonchev–Trinajstić information content (AvgIpc) is 2.97.